The van der Waals surface area contributed by atoms with Crippen LogP contribution in [0.3, 0.4) is 0 Å². The van der Waals surface area contributed by atoms with E-state index in [4.69, 9.17) is 5.21 Å². The van der Waals surface area contributed by atoms with Crippen molar-refractivity contribution in [2.24, 2.45) is 5.16 Å². The number of hydrogen-bond donors (Lipinski definition) is 1. The van der Waals surface area contributed by atoms with Gasteiger partial charge in [0.2, 0.25) is 0 Å². The zero-order valence-electron chi connectivity index (χ0n) is 6.75. The van der Waals surface area contributed by atoms with Crippen LogP contribution in [0, 0.1) is 10.1 Å². The Bertz CT molecular complexity index is 319. The Morgan fingerprint density at radius 2 is 2.08 bits per heavy atom. The molecule has 0 amide bonds. The molecule has 13 heavy (non-hydrogen) atoms. The van der Waals surface area contributed by atoms with Gasteiger partial charge in [-0.15, -0.1) is 5.16 Å². The van der Waals surface area contributed by atoms with E-state index in [9.17, 15) is 10.1 Å². The van der Waals surface area contributed by atoms with E-state index in [1.165, 1.54) is 18.3 Å². The molecule has 5 heteroatoms. The van der Waals surface area contributed by atoms with Gasteiger partial charge in [0.15, 0.2) is 0 Å². The quantitative estimate of drug-likeness (QED) is 0.332. The second-order valence-electron chi connectivity index (χ2n) is 2.43. The minimum absolute atomic E-state index is 0.0599. The fourth-order valence-electron chi connectivity index (χ4n) is 0.900. The molecule has 0 fully saturated rings. The lowest BCUT2D eigenvalue weighted by Crippen LogP contribution is -1.89. The minimum atomic E-state index is -0.454. The molecule has 1 aromatic carbocycles. The van der Waals surface area contributed by atoms with E-state index in [1.807, 2.05) is 0 Å². The third kappa shape index (κ3) is 2.55. The summed E-state index contributed by atoms with van der Waals surface area (Å²) in [6, 6.07) is 6.08. The number of rotatable bonds is 3. The summed E-state index contributed by atoms with van der Waals surface area (Å²) in [7, 11) is 0. The van der Waals surface area contributed by atoms with Crippen LogP contribution in [-0.2, 0) is 6.42 Å². The van der Waals surface area contributed by atoms with Crippen LogP contribution >= 0.6 is 0 Å². The zero-order chi connectivity index (χ0) is 9.68. The van der Waals surface area contributed by atoms with Crippen LogP contribution in [-0.4, -0.2) is 16.3 Å². The van der Waals surface area contributed by atoms with Crippen LogP contribution < -0.4 is 0 Å². The molecule has 0 aromatic heterocycles. The van der Waals surface area contributed by atoms with Crippen LogP contribution in [0.4, 0.5) is 5.69 Å². The van der Waals surface area contributed by atoms with Crippen LogP contribution in [0.5, 0.6) is 0 Å². The SMILES string of the molecule is O=[N+]([O-])c1ccc(C/C=N/O)cc1. The van der Waals surface area contributed by atoms with E-state index in [1.54, 1.807) is 12.1 Å². The fourth-order valence-corrected chi connectivity index (χ4v) is 0.900. The maximum atomic E-state index is 10.3. The summed E-state index contributed by atoms with van der Waals surface area (Å²) >= 11 is 0. The smallest absolute Gasteiger partial charge is 0.269 e. The molecule has 0 saturated heterocycles. The number of nitro benzene ring substituents is 1. The van der Waals surface area contributed by atoms with Crippen molar-refractivity contribution in [1.29, 1.82) is 0 Å². The van der Waals surface area contributed by atoms with Gasteiger partial charge >= 0.3 is 0 Å². The molecule has 0 bridgehead atoms. The molecule has 68 valence electrons. The number of nitro groups is 1. The lowest BCUT2D eigenvalue weighted by atomic mass is 10.1. The summed E-state index contributed by atoms with van der Waals surface area (Å²) in [5.74, 6) is 0. The van der Waals surface area contributed by atoms with Crippen LogP contribution in [0.25, 0.3) is 0 Å². The Hall–Kier alpha value is -1.91. The third-order valence-corrected chi connectivity index (χ3v) is 1.56. The van der Waals surface area contributed by atoms with Crippen molar-refractivity contribution in [1.82, 2.24) is 0 Å². The van der Waals surface area contributed by atoms with Crippen molar-refractivity contribution in [3.8, 4) is 0 Å². The maximum Gasteiger partial charge on any atom is 0.269 e. The first-order valence-corrected chi connectivity index (χ1v) is 3.63. The number of hydrogen-bond acceptors (Lipinski definition) is 4. The highest BCUT2D eigenvalue weighted by Crippen LogP contribution is 2.11. The van der Waals surface area contributed by atoms with Crippen molar-refractivity contribution >= 4 is 11.9 Å². The molecule has 1 aromatic rings. The van der Waals surface area contributed by atoms with E-state index in [2.05, 4.69) is 5.16 Å². The van der Waals surface area contributed by atoms with Gasteiger partial charge in [0.1, 0.15) is 0 Å². The van der Waals surface area contributed by atoms with Gasteiger partial charge in [-0.3, -0.25) is 10.1 Å². The lowest BCUT2D eigenvalue weighted by Gasteiger charge is -1.94. The first-order valence-electron chi connectivity index (χ1n) is 3.63. The van der Waals surface area contributed by atoms with E-state index in [0.29, 0.717) is 6.42 Å². The monoisotopic (exact) mass is 180 g/mol. The molecule has 1 rings (SSSR count). The molecular weight excluding hydrogens is 172 g/mol. The second kappa shape index (κ2) is 4.20. The van der Waals surface area contributed by atoms with Gasteiger partial charge in [0.05, 0.1) is 4.92 Å². The van der Waals surface area contributed by atoms with Crippen molar-refractivity contribution in [3.05, 3.63) is 39.9 Å². The number of nitrogens with zero attached hydrogens (tertiary/aromatic N) is 2. The minimum Gasteiger partial charge on any atom is -0.411 e. The summed E-state index contributed by atoms with van der Waals surface area (Å²) < 4.78 is 0. The van der Waals surface area contributed by atoms with Crippen LogP contribution in [0.1, 0.15) is 5.56 Å². The van der Waals surface area contributed by atoms with Gasteiger partial charge in [-0.2, -0.15) is 0 Å². The molecule has 5 nitrogen and oxygen atoms in total. The molecule has 0 radical (unpaired) electrons. The van der Waals surface area contributed by atoms with Crippen molar-refractivity contribution in [2.75, 3.05) is 0 Å². The predicted molar refractivity (Wildman–Crippen MR) is 47.1 cm³/mol. The third-order valence-electron chi connectivity index (χ3n) is 1.56. The Balaban J connectivity index is 2.75. The van der Waals surface area contributed by atoms with Crippen LogP contribution in [0.15, 0.2) is 29.4 Å². The molecule has 0 heterocycles. The topological polar surface area (TPSA) is 75.7 Å². The number of benzene rings is 1. The summed E-state index contributed by atoms with van der Waals surface area (Å²) in [6.07, 6.45) is 1.79. The van der Waals surface area contributed by atoms with E-state index in [-0.39, 0.29) is 5.69 Å². The van der Waals surface area contributed by atoms with E-state index < -0.39 is 4.92 Å². The fraction of sp³-hybridized carbons (Fsp3) is 0.125. The Labute approximate surface area is 74.5 Å². The standard InChI is InChI=1S/C8H8N2O3/c11-9-6-5-7-1-3-8(4-2-7)10(12)13/h1-4,6,11H,5H2/b9-6+. The van der Waals surface area contributed by atoms with Crippen LogP contribution in [0.2, 0.25) is 0 Å². The Morgan fingerprint density at radius 3 is 2.54 bits per heavy atom. The normalized spacial score (nSPS) is 10.5. The maximum absolute atomic E-state index is 10.3. The Morgan fingerprint density at radius 1 is 1.46 bits per heavy atom. The number of oxime groups is 1. The zero-order valence-corrected chi connectivity index (χ0v) is 6.75. The molecule has 0 unspecified atom stereocenters. The molecule has 0 aliphatic rings. The van der Waals surface area contributed by atoms with Gasteiger partial charge in [-0.05, 0) is 5.56 Å². The van der Waals surface area contributed by atoms with Gasteiger partial charge in [0.25, 0.3) is 5.69 Å². The lowest BCUT2D eigenvalue weighted by molar-refractivity contribution is -0.384. The highest BCUT2D eigenvalue weighted by atomic mass is 16.6. The summed E-state index contributed by atoms with van der Waals surface area (Å²) in [5.41, 5.74) is 0.924. The first kappa shape index (κ1) is 9.18. The molecule has 0 atom stereocenters. The highest BCUT2D eigenvalue weighted by Gasteiger charge is 2.02. The van der Waals surface area contributed by atoms with Crippen molar-refractivity contribution in [3.63, 3.8) is 0 Å². The summed E-state index contributed by atoms with van der Waals surface area (Å²) in [6.45, 7) is 0. The highest BCUT2D eigenvalue weighted by molar-refractivity contribution is 5.60. The molecular formula is C8H8N2O3. The largest absolute Gasteiger partial charge is 0.411 e. The molecule has 0 aliphatic carbocycles. The first-order chi connectivity index (χ1) is 6.24. The molecule has 1 N–H and O–H groups in total. The van der Waals surface area contributed by atoms with Gasteiger partial charge in [-0.1, -0.05) is 12.1 Å². The molecule has 0 aliphatic heterocycles. The predicted octanol–water partition coefficient (Wildman–Crippen LogP) is 1.60. The molecule has 0 saturated carbocycles. The van der Waals surface area contributed by atoms with E-state index >= 15 is 0 Å². The summed E-state index contributed by atoms with van der Waals surface area (Å²) in [4.78, 5) is 9.81. The summed E-state index contributed by atoms with van der Waals surface area (Å²) in [5, 5.41) is 21.2. The van der Waals surface area contributed by atoms with Gasteiger partial charge in [-0.25, -0.2) is 0 Å². The number of non-ortho nitro benzene ring substituents is 1. The van der Waals surface area contributed by atoms with Gasteiger partial charge in [0, 0.05) is 24.8 Å². The second-order valence-corrected chi connectivity index (χ2v) is 2.43. The van der Waals surface area contributed by atoms with Gasteiger partial charge < -0.3 is 5.21 Å². The van der Waals surface area contributed by atoms with Crippen molar-refractivity contribution < 1.29 is 10.1 Å². The van der Waals surface area contributed by atoms with E-state index in [0.717, 1.165) is 5.56 Å². The average molecular weight is 180 g/mol. The molecule has 0 spiro atoms. The Kier molecular flexibility index (Phi) is 2.97. The van der Waals surface area contributed by atoms with Crippen molar-refractivity contribution in [2.45, 2.75) is 6.42 Å². The average Bonchev–Trinajstić information content (AvgIpc) is 2.15.